The molecule has 1 saturated heterocycles. The summed E-state index contributed by atoms with van der Waals surface area (Å²) in [6.45, 7) is 7.41. The van der Waals surface area contributed by atoms with Gasteiger partial charge in [-0.3, -0.25) is 9.30 Å². The van der Waals surface area contributed by atoms with Gasteiger partial charge >= 0.3 is 0 Å². The molecule has 0 aliphatic carbocycles. The van der Waals surface area contributed by atoms with Crippen molar-refractivity contribution < 1.29 is 0 Å². The Bertz CT molecular complexity index is 801. The zero-order valence-electron chi connectivity index (χ0n) is 13.5. The highest BCUT2D eigenvalue weighted by Crippen LogP contribution is 2.26. The van der Waals surface area contributed by atoms with Crippen molar-refractivity contribution in [2.75, 3.05) is 26.2 Å². The van der Waals surface area contributed by atoms with Crippen LogP contribution in [0.1, 0.15) is 11.4 Å². The van der Waals surface area contributed by atoms with Crippen LogP contribution in [-0.2, 0) is 6.54 Å². The normalized spacial score (nSPS) is 16.0. The van der Waals surface area contributed by atoms with E-state index in [0.717, 1.165) is 44.1 Å². The predicted molar refractivity (Wildman–Crippen MR) is 93.5 cm³/mol. The van der Waals surface area contributed by atoms with Crippen molar-refractivity contribution >= 4 is 5.65 Å². The van der Waals surface area contributed by atoms with Crippen LogP contribution in [0.3, 0.4) is 0 Å². The van der Waals surface area contributed by atoms with Crippen LogP contribution in [0.15, 0.2) is 48.5 Å². The lowest BCUT2D eigenvalue weighted by molar-refractivity contribution is 0.230. The van der Waals surface area contributed by atoms with Gasteiger partial charge in [0.2, 0.25) is 0 Å². The first kappa shape index (κ1) is 14.4. The van der Waals surface area contributed by atoms with Crippen LogP contribution < -0.4 is 5.32 Å². The SMILES string of the molecule is Cc1cccc2nc(-c3ccccc3)c(CN3CCNCC3)n12. The molecule has 0 radical (unpaired) electrons. The van der Waals surface area contributed by atoms with Crippen LogP contribution >= 0.6 is 0 Å². The topological polar surface area (TPSA) is 32.6 Å². The Morgan fingerprint density at radius 2 is 1.78 bits per heavy atom. The van der Waals surface area contributed by atoms with Gasteiger partial charge < -0.3 is 5.32 Å². The Morgan fingerprint density at radius 1 is 1.00 bits per heavy atom. The molecular formula is C19H22N4. The molecule has 0 spiro atoms. The quantitative estimate of drug-likeness (QED) is 0.807. The first-order valence-corrected chi connectivity index (χ1v) is 8.28. The fraction of sp³-hybridized carbons (Fsp3) is 0.316. The molecule has 1 N–H and O–H groups in total. The monoisotopic (exact) mass is 306 g/mol. The summed E-state index contributed by atoms with van der Waals surface area (Å²) in [5.74, 6) is 0. The van der Waals surface area contributed by atoms with Crippen LogP contribution in [0, 0.1) is 6.92 Å². The molecule has 0 bridgehead atoms. The molecule has 118 valence electrons. The minimum absolute atomic E-state index is 0.942. The maximum Gasteiger partial charge on any atom is 0.137 e. The molecule has 4 rings (SSSR count). The number of pyridine rings is 1. The predicted octanol–water partition coefficient (Wildman–Crippen LogP) is 2.71. The third kappa shape index (κ3) is 2.76. The summed E-state index contributed by atoms with van der Waals surface area (Å²) >= 11 is 0. The minimum Gasteiger partial charge on any atom is -0.314 e. The zero-order valence-corrected chi connectivity index (χ0v) is 13.5. The number of hydrogen-bond acceptors (Lipinski definition) is 3. The molecule has 3 heterocycles. The van der Waals surface area contributed by atoms with Gasteiger partial charge in [-0.1, -0.05) is 36.4 Å². The number of imidazole rings is 1. The molecule has 0 saturated carbocycles. The fourth-order valence-electron chi connectivity index (χ4n) is 3.38. The smallest absolute Gasteiger partial charge is 0.137 e. The highest BCUT2D eigenvalue weighted by Gasteiger charge is 2.19. The van der Waals surface area contributed by atoms with Gasteiger partial charge in [0.05, 0.1) is 11.4 Å². The number of nitrogens with zero attached hydrogens (tertiary/aromatic N) is 3. The molecule has 1 aliphatic heterocycles. The minimum atomic E-state index is 0.942. The van der Waals surface area contributed by atoms with E-state index in [1.807, 2.05) is 0 Å². The number of piperazine rings is 1. The highest BCUT2D eigenvalue weighted by molar-refractivity contribution is 5.66. The maximum atomic E-state index is 4.93. The summed E-state index contributed by atoms with van der Waals surface area (Å²) in [6.07, 6.45) is 0. The molecule has 4 heteroatoms. The summed E-state index contributed by atoms with van der Waals surface area (Å²) in [4.78, 5) is 7.44. The van der Waals surface area contributed by atoms with E-state index >= 15 is 0 Å². The van der Waals surface area contributed by atoms with Gasteiger partial charge in [0, 0.05) is 44.0 Å². The van der Waals surface area contributed by atoms with Crippen molar-refractivity contribution in [2.45, 2.75) is 13.5 Å². The van der Waals surface area contributed by atoms with Crippen LogP contribution in [0.5, 0.6) is 0 Å². The van der Waals surface area contributed by atoms with Gasteiger partial charge in [-0.15, -0.1) is 0 Å². The van der Waals surface area contributed by atoms with Crippen molar-refractivity contribution in [3.63, 3.8) is 0 Å². The summed E-state index contributed by atoms with van der Waals surface area (Å²) in [7, 11) is 0. The van der Waals surface area contributed by atoms with Crippen molar-refractivity contribution in [3.05, 3.63) is 59.9 Å². The number of aromatic nitrogens is 2. The standard InChI is InChI=1S/C19H22N4/c1-15-6-5-9-18-21-19(16-7-3-2-4-8-16)17(23(15)18)14-22-12-10-20-11-13-22/h2-9,20H,10-14H2,1H3. The van der Waals surface area contributed by atoms with Gasteiger partial charge in [-0.25, -0.2) is 4.98 Å². The van der Waals surface area contributed by atoms with E-state index in [1.165, 1.54) is 17.0 Å². The second kappa shape index (κ2) is 6.14. The summed E-state index contributed by atoms with van der Waals surface area (Å²) in [5.41, 5.74) is 5.88. The van der Waals surface area contributed by atoms with Crippen molar-refractivity contribution in [1.29, 1.82) is 0 Å². The Labute approximate surface area is 136 Å². The Hall–Kier alpha value is -2.17. The third-order valence-electron chi connectivity index (χ3n) is 4.56. The Balaban J connectivity index is 1.84. The fourth-order valence-corrected chi connectivity index (χ4v) is 3.38. The van der Waals surface area contributed by atoms with E-state index in [2.05, 4.69) is 70.1 Å². The maximum absolute atomic E-state index is 4.93. The highest BCUT2D eigenvalue weighted by atomic mass is 15.2. The number of nitrogens with one attached hydrogen (secondary N) is 1. The number of hydrogen-bond donors (Lipinski definition) is 1. The van der Waals surface area contributed by atoms with Crippen molar-refractivity contribution in [1.82, 2.24) is 19.6 Å². The Kier molecular flexibility index (Phi) is 3.85. The second-order valence-corrected chi connectivity index (χ2v) is 6.16. The van der Waals surface area contributed by atoms with Gasteiger partial charge in [0.15, 0.2) is 0 Å². The lowest BCUT2D eigenvalue weighted by atomic mass is 10.1. The molecule has 2 aromatic heterocycles. The van der Waals surface area contributed by atoms with E-state index in [-0.39, 0.29) is 0 Å². The van der Waals surface area contributed by atoms with Crippen LogP contribution in [0.2, 0.25) is 0 Å². The largest absolute Gasteiger partial charge is 0.314 e. The average Bonchev–Trinajstić information content (AvgIpc) is 2.96. The number of benzene rings is 1. The van der Waals surface area contributed by atoms with E-state index in [1.54, 1.807) is 0 Å². The lowest BCUT2D eigenvalue weighted by Crippen LogP contribution is -2.43. The first-order chi connectivity index (χ1) is 11.3. The molecule has 1 fully saturated rings. The lowest BCUT2D eigenvalue weighted by Gasteiger charge is -2.27. The molecule has 0 atom stereocenters. The van der Waals surface area contributed by atoms with Crippen molar-refractivity contribution in [2.24, 2.45) is 0 Å². The average molecular weight is 306 g/mol. The molecule has 0 unspecified atom stereocenters. The van der Waals surface area contributed by atoms with E-state index in [0.29, 0.717) is 0 Å². The summed E-state index contributed by atoms with van der Waals surface area (Å²) < 4.78 is 2.31. The molecule has 1 aromatic carbocycles. The molecule has 3 aromatic rings. The molecule has 1 aliphatic rings. The van der Waals surface area contributed by atoms with Crippen molar-refractivity contribution in [3.8, 4) is 11.3 Å². The zero-order chi connectivity index (χ0) is 15.6. The molecule has 4 nitrogen and oxygen atoms in total. The van der Waals surface area contributed by atoms with E-state index in [9.17, 15) is 0 Å². The third-order valence-corrected chi connectivity index (χ3v) is 4.56. The Morgan fingerprint density at radius 3 is 2.57 bits per heavy atom. The first-order valence-electron chi connectivity index (χ1n) is 8.28. The second-order valence-electron chi connectivity index (χ2n) is 6.16. The van der Waals surface area contributed by atoms with E-state index in [4.69, 9.17) is 4.98 Å². The van der Waals surface area contributed by atoms with Gasteiger partial charge in [-0.2, -0.15) is 0 Å². The molecule has 0 amide bonds. The van der Waals surface area contributed by atoms with Crippen LogP contribution in [-0.4, -0.2) is 40.5 Å². The van der Waals surface area contributed by atoms with Crippen LogP contribution in [0.4, 0.5) is 0 Å². The molecule has 23 heavy (non-hydrogen) atoms. The van der Waals surface area contributed by atoms with Gasteiger partial charge in [-0.05, 0) is 19.1 Å². The van der Waals surface area contributed by atoms with Gasteiger partial charge in [0.25, 0.3) is 0 Å². The molecular weight excluding hydrogens is 284 g/mol. The van der Waals surface area contributed by atoms with E-state index < -0.39 is 0 Å². The number of fused-ring (bicyclic) bond motifs is 1. The number of aryl methyl sites for hydroxylation is 1. The summed E-state index contributed by atoms with van der Waals surface area (Å²) in [6, 6.07) is 16.9. The number of rotatable bonds is 3. The van der Waals surface area contributed by atoms with Gasteiger partial charge in [0.1, 0.15) is 5.65 Å². The van der Waals surface area contributed by atoms with Crippen LogP contribution in [0.25, 0.3) is 16.9 Å². The summed E-state index contributed by atoms with van der Waals surface area (Å²) in [5, 5.41) is 3.43.